The van der Waals surface area contributed by atoms with Crippen LogP contribution in [-0.2, 0) is 16.0 Å². The molecule has 3 rings (SSSR count). The number of aromatic nitrogens is 1. The lowest BCUT2D eigenvalue weighted by Crippen LogP contribution is -2.31. The van der Waals surface area contributed by atoms with Crippen LogP contribution in [0.25, 0.3) is 10.9 Å². The van der Waals surface area contributed by atoms with Crippen molar-refractivity contribution < 1.29 is 23.1 Å². The molecule has 1 atom stereocenters. The number of nitrogens with zero attached hydrogens (tertiary/aromatic N) is 1. The van der Waals surface area contributed by atoms with Crippen LogP contribution < -0.4 is 5.32 Å². The van der Waals surface area contributed by atoms with Crippen molar-refractivity contribution >= 4 is 22.8 Å². The molecule has 0 aliphatic carbocycles. The maximum absolute atomic E-state index is 13.9. The fourth-order valence-corrected chi connectivity index (χ4v) is 3.38. The van der Waals surface area contributed by atoms with Gasteiger partial charge in [0.15, 0.2) is 6.61 Å². The lowest BCUT2D eigenvalue weighted by Gasteiger charge is -2.16. The molecule has 0 spiro atoms. The second-order valence-electron chi connectivity index (χ2n) is 6.96. The Morgan fingerprint density at radius 2 is 1.90 bits per heavy atom. The Morgan fingerprint density at radius 3 is 2.60 bits per heavy atom. The van der Waals surface area contributed by atoms with Gasteiger partial charge in [0.05, 0.1) is 17.1 Å². The first-order valence-electron chi connectivity index (χ1n) is 9.61. The van der Waals surface area contributed by atoms with Crippen molar-refractivity contribution in [3.63, 3.8) is 0 Å². The van der Waals surface area contributed by atoms with Crippen LogP contribution >= 0.6 is 0 Å². The summed E-state index contributed by atoms with van der Waals surface area (Å²) in [5.41, 5.74) is 2.69. The summed E-state index contributed by atoms with van der Waals surface area (Å²) in [4.78, 5) is 29.6. The summed E-state index contributed by atoms with van der Waals surface area (Å²) >= 11 is 0. The number of esters is 1. The zero-order valence-corrected chi connectivity index (χ0v) is 17.0. The van der Waals surface area contributed by atoms with Crippen molar-refractivity contribution in [2.24, 2.45) is 0 Å². The second-order valence-corrected chi connectivity index (χ2v) is 6.96. The van der Waals surface area contributed by atoms with Crippen LogP contribution in [0.3, 0.4) is 0 Å². The van der Waals surface area contributed by atoms with Crippen LogP contribution in [0.15, 0.2) is 42.5 Å². The molecular formula is C23H22F2N2O3. The first-order chi connectivity index (χ1) is 14.3. The average Bonchev–Trinajstić information content (AvgIpc) is 2.71. The maximum Gasteiger partial charge on any atom is 0.339 e. The van der Waals surface area contributed by atoms with Gasteiger partial charge in [-0.05, 0) is 38.0 Å². The molecule has 0 aliphatic rings. The first kappa shape index (κ1) is 21.4. The maximum atomic E-state index is 13.9. The largest absolute Gasteiger partial charge is 0.452 e. The van der Waals surface area contributed by atoms with E-state index in [1.165, 1.54) is 6.07 Å². The highest BCUT2D eigenvalue weighted by Gasteiger charge is 2.20. The van der Waals surface area contributed by atoms with Gasteiger partial charge < -0.3 is 10.1 Å². The number of carbonyl (C=O) groups excluding carboxylic acids is 2. The number of amides is 1. The molecule has 0 radical (unpaired) electrons. The minimum Gasteiger partial charge on any atom is -0.452 e. The Morgan fingerprint density at radius 1 is 1.17 bits per heavy atom. The summed E-state index contributed by atoms with van der Waals surface area (Å²) in [7, 11) is 0. The fourth-order valence-electron chi connectivity index (χ4n) is 3.38. The Balaban J connectivity index is 1.72. The Hall–Kier alpha value is -3.35. The third-order valence-electron chi connectivity index (χ3n) is 4.92. The Kier molecular flexibility index (Phi) is 6.40. The number of fused-ring (bicyclic) bond motifs is 1. The van der Waals surface area contributed by atoms with E-state index >= 15 is 0 Å². The third kappa shape index (κ3) is 4.45. The molecule has 156 valence electrons. The van der Waals surface area contributed by atoms with Crippen molar-refractivity contribution in [1.82, 2.24) is 10.3 Å². The fraction of sp³-hybridized carbons (Fsp3) is 0.261. The van der Waals surface area contributed by atoms with Gasteiger partial charge in [0.25, 0.3) is 5.91 Å². The summed E-state index contributed by atoms with van der Waals surface area (Å²) < 4.78 is 32.2. The standard InChI is InChI=1S/C23H22F2N2O3/c1-4-19-13(2)22(17-7-5-6-8-20(17)27-19)23(29)30-12-21(28)26-14(3)16-10-9-15(24)11-18(16)25/h5-11,14H,4,12H2,1-3H3,(H,26,28)/t14-/m0/s1. The van der Waals surface area contributed by atoms with Gasteiger partial charge in [-0.25, -0.2) is 13.6 Å². The van der Waals surface area contributed by atoms with Crippen LogP contribution in [-0.4, -0.2) is 23.5 Å². The van der Waals surface area contributed by atoms with Crippen LogP contribution in [0.4, 0.5) is 8.78 Å². The van der Waals surface area contributed by atoms with E-state index in [0.29, 0.717) is 28.5 Å². The van der Waals surface area contributed by atoms with E-state index in [1.54, 1.807) is 26.0 Å². The quantitative estimate of drug-likeness (QED) is 0.609. The topological polar surface area (TPSA) is 68.3 Å². The van der Waals surface area contributed by atoms with E-state index in [9.17, 15) is 18.4 Å². The van der Waals surface area contributed by atoms with Gasteiger partial charge in [-0.1, -0.05) is 31.2 Å². The molecule has 1 N–H and O–H groups in total. The molecule has 0 unspecified atom stereocenters. The van der Waals surface area contributed by atoms with Crippen LogP contribution in [0, 0.1) is 18.6 Å². The minimum absolute atomic E-state index is 0.139. The number of pyridine rings is 1. The summed E-state index contributed by atoms with van der Waals surface area (Å²) in [6, 6.07) is 9.65. The van der Waals surface area contributed by atoms with E-state index in [2.05, 4.69) is 10.3 Å². The Labute approximate surface area is 173 Å². The van der Waals surface area contributed by atoms with E-state index < -0.39 is 36.2 Å². The van der Waals surface area contributed by atoms with E-state index in [0.717, 1.165) is 17.8 Å². The molecule has 5 nitrogen and oxygen atoms in total. The van der Waals surface area contributed by atoms with Crippen molar-refractivity contribution in [1.29, 1.82) is 0 Å². The number of rotatable bonds is 6. The molecule has 1 heterocycles. The Bertz CT molecular complexity index is 1120. The van der Waals surface area contributed by atoms with Crippen molar-refractivity contribution in [2.75, 3.05) is 6.61 Å². The molecule has 1 aromatic heterocycles. The van der Waals surface area contributed by atoms with Gasteiger partial charge in [0, 0.05) is 22.7 Å². The highest BCUT2D eigenvalue weighted by molar-refractivity contribution is 6.05. The van der Waals surface area contributed by atoms with Crippen molar-refractivity contribution in [3.05, 3.63) is 76.5 Å². The van der Waals surface area contributed by atoms with E-state index in [-0.39, 0.29) is 5.56 Å². The molecule has 0 saturated carbocycles. The number of carbonyl (C=O) groups is 2. The summed E-state index contributed by atoms with van der Waals surface area (Å²) in [6.45, 7) is 4.78. The molecule has 0 saturated heterocycles. The summed E-state index contributed by atoms with van der Waals surface area (Å²) in [6.07, 6.45) is 0.651. The zero-order valence-electron chi connectivity index (χ0n) is 17.0. The summed E-state index contributed by atoms with van der Waals surface area (Å²) in [5, 5.41) is 3.20. The highest BCUT2D eigenvalue weighted by Crippen LogP contribution is 2.24. The normalized spacial score (nSPS) is 11.9. The molecule has 7 heteroatoms. The van der Waals surface area contributed by atoms with Gasteiger partial charge >= 0.3 is 5.97 Å². The number of benzene rings is 2. The number of para-hydroxylation sites is 1. The van der Waals surface area contributed by atoms with Crippen LogP contribution in [0.2, 0.25) is 0 Å². The highest BCUT2D eigenvalue weighted by atomic mass is 19.1. The second kappa shape index (κ2) is 8.98. The molecule has 2 aromatic carbocycles. The molecule has 0 fully saturated rings. The lowest BCUT2D eigenvalue weighted by atomic mass is 10.0. The zero-order chi connectivity index (χ0) is 21.8. The SMILES string of the molecule is CCc1nc2ccccc2c(C(=O)OCC(=O)N[C@@H](C)c2ccc(F)cc2F)c1C. The monoisotopic (exact) mass is 412 g/mol. The number of hydrogen-bond acceptors (Lipinski definition) is 4. The first-order valence-corrected chi connectivity index (χ1v) is 9.61. The number of aryl methyl sites for hydroxylation is 1. The van der Waals surface area contributed by atoms with Gasteiger partial charge in [-0.15, -0.1) is 0 Å². The van der Waals surface area contributed by atoms with Crippen LogP contribution in [0.5, 0.6) is 0 Å². The lowest BCUT2D eigenvalue weighted by molar-refractivity contribution is -0.124. The van der Waals surface area contributed by atoms with Gasteiger partial charge in [0.2, 0.25) is 0 Å². The molecular weight excluding hydrogens is 390 g/mol. The third-order valence-corrected chi connectivity index (χ3v) is 4.92. The minimum atomic E-state index is -0.759. The van der Waals surface area contributed by atoms with Crippen LogP contribution in [0.1, 0.15) is 47.1 Å². The van der Waals surface area contributed by atoms with Gasteiger partial charge in [-0.2, -0.15) is 0 Å². The predicted octanol–water partition coefficient (Wildman–Crippen LogP) is 4.42. The van der Waals surface area contributed by atoms with Crippen molar-refractivity contribution in [3.8, 4) is 0 Å². The average molecular weight is 412 g/mol. The number of ether oxygens (including phenoxy) is 1. The van der Waals surface area contributed by atoms with E-state index in [4.69, 9.17) is 4.74 Å². The molecule has 30 heavy (non-hydrogen) atoms. The summed E-state index contributed by atoms with van der Waals surface area (Å²) in [5.74, 6) is -2.68. The van der Waals surface area contributed by atoms with Gasteiger partial charge in [0.1, 0.15) is 11.6 Å². The van der Waals surface area contributed by atoms with Crippen molar-refractivity contribution in [2.45, 2.75) is 33.2 Å². The number of nitrogens with one attached hydrogen (secondary N) is 1. The molecule has 1 amide bonds. The number of halogens is 2. The smallest absolute Gasteiger partial charge is 0.339 e. The number of hydrogen-bond donors (Lipinski definition) is 1. The predicted molar refractivity (Wildman–Crippen MR) is 109 cm³/mol. The van der Waals surface area contributed by atoms with E-state index in [1.807, 2.05) is 19.1 Å². The molecule has 0 bridgehead atoms. The molecule has 3 aromatic rings. The van der Waals surface area contributed by atoms with Gasteiger partial charge in [-0.3, -0.25) is 9.78 Å². The molecule has 0 aliphatic heterocycles.